The Bertz CT molecular complexity index is 393. The van der Waals surface area contributed by atoms with Crippen molar-refractivity contribution in [1.29, 1.82) is 0 Å². The van der Waals surface area contributed by atoms with Crippen molar-refractivity contribution in [3.05, 3.63) is 0 Å². The summed E-state index contributed by atoms with van der Waals surface area (Å²) in [7, 11) is 1.75. The van der Waals surface area contributed by atoms with Gasteiger partial charge in [0.1, 0.15) is 6.10 Å². The molecule has 2 fully saturated rings. The number of hydrogen-bond donors (Lipinski definition) is 2. The molecule has 7 heteroatoms. The van der Waals surface area contributed by atoms with Gasteiger partial charge in [0.25, 0.3) is 0 Å². The molecule has 3 atom stereocenters. The standard InChI is InChI=1S/C11H23NO2.C9H19NO3/c1-9(2)12-6-7-14-10(8-12)11(3,4)13-5;1-2-3-10-4-5-13-9(6-10)8(12)7-11/h9-10H,6-8H2,1-5H3;8-9,11-12H,2-7H2,1H3. The fourth-order valence-corrected chi connectivity index (χ4v) is 3.29. The molecule has 27 heavy (non-hydrogen) atoms. The van der Waals surface area contributed by atoms with Gasteiger partial charge in [-0.15, -0.1) is 0 Å². The Labute approximate surface area is 165 Å². The quantitative estimate of drug-likeness (QED) is 0.671. The molecule has 162 valence electrons. The molecule has 0 bridgehead atoms. The Morgan fingerprint density at radius 2 is 1.81 bits per heavy atom. The summed E-state index contributed by atoms with van der Waals surface area (Å²) in [6, 6.07) is 0.592. The number of rotatable bonds is 7. The van der Waals surface area contributed by atoms with E-state index in [2.05, 4.69) is 44.4 Å². The van der Waals surface area contributed by atoms with Crippen LogP contribution < -0.4 is 0 Å². The van der Waals surface area contributed by atoms with E-state index in [0.717, 1.165) is 45.8 Å². The molecule has 0 aromatic heterocycles. The van der Waals surface area contributed by atoms with E-state index < -0.39 is 6.10 Å². The normalized spacial score (nSPS) is 26.6. The van der Waals surface area contributed by atoms with Crippen LogP contribution in [0.15, 0.2) is 0 Å². The van der Waals surface area contributed by atoms with Gasteiger partial charge in [-0.05, 0) is 40.7 Å². The van der Waals surface area contributed by atoms with Gasteiger partial charge in [0.15, 0.2) is 0 Å². The lowest BCUT2D eigenvalue weighted by Crippen LogP contribution is -2.54. The zero-order valence-electron chi connectivity index (χ0n) is 18.2. The number of hydrogen-bond acceptors (Lipinski definition) is 7. The van der Waals surface area contributed by atoms with E-state index in [0.29, 0.717) is 12.6 Å². The van der Waals surface area contributed by atoms with Gasteiger partial charge >= 0.3 is 0 Å². The predicted octanol–water partition coefficient (Wildman–Crippen LogP) is 0.971. The van der Waals surface area contributed by atoms with Crippen LogP contribution in [0.25, 0.3) is 0 Å². The Hall–Kier alpha value is -0.280. The number of morpholine rings is 2. The highest BCUT2D eigenvalue weighted by Crippen LogP contribution is 2.21. The van der Waals surface area contributed by atoms with Gasteiger partial charge in [0.2, 0.25) is 0 Å². The molecule has 0 aromatic carbocycles. The second-order valence-electron chi connectivity index (χ2n) is 8.22. The van der Waals surface area contributed by atoms with Gasteiger partial charge in [0.05, 0.1) is 37.6 Å². The summed E-state index contributed by atoms with van der Waals surface area (Å²) in [6.45, 7) is 16.7. The van der Waals surface area contributed by atoms with Gasteiger partial charge in [-0.3, -0.25) is 9.80 Å². The molecule has 2 N–H and O–H groups in total. The molecule has 2 saturated heterocycles. The number of aliphatic hydroxyl groups is 2. The third-order valence-corrected chi connectivity index (χ3v) is 5.46. The van der Waals surface area contributed by atoms with Crippen LogP contribution in [0, 0.1) is 0 Å². The number of ether oxygens (including phenoxy) is 3. The monoisotopic (exact) mass is 390 g/mol. The lowest BCUT2D eigenvalue weighted by atomic mass is 9.99. The minimum atomic E-state index is -0.736. The minimum absolute atomic E-state index is 0.184. The maximum Gasteiger partial charge on any atom is 0.104 e. The van der Waals surface area contributed by atoms with Gasteiger partial charge in [-0.1, -0.05) is 6.92 Å². The van der Waals surface area contributed by atoms with E-state index in [1.807, 2.05) is 0 Å². The fraction of sp³-hybridized carbons (Fsp3) is 1.00. The first-order valence-electron chi connectivity index (χ1n) is 10.3. The summed E-state index contributed by atoms with van der Waals surface area (Å²) in [6.07, 6.45) is 0.343. The molecule has 0 aliphatic carbocycles. The average molecular weight is 391 g/mol. The second-order valence-corrected chi connectivity index (χ2v) is 8.22. The Balaban J connectivity index is 0.000000271. The van der Waals surface area contributed by atoms with Crippen LogP contribution in [0.2, 0.25) is 0 Å². The summed E-state index contributed by atoms with van der Waals surface area (Å²) in [5.41, 5.74) is -0.187. The molecular weight excluding hydrogens is 348 g/mol. The fourth-order valence-electron chi connectivity index (χ4n) is 3.29. The average Bonchev–Trinajstić information content (AvgIpc) is 2.68. The summed E-state index contributed by atoms with van der Waals surface area (Å²) in [5.74, 6) is 0. The first-order valence-corrected chi connectivity index (χ1v) is 10.3. The Kier molecular flexibility index (Phi) is 11.3. The molecule has 2 aliphatic rings. The van der Waals surface area contributed by atoms with Gasteiger partial charge < -0.3 is 24.4 Å². The van der Waals surface area contributed by atoms with E-state index in [1.54, 1.807) is 7.11 Å². The van der Waals surface area contributed by atoms with Crippen molar-refractivity contribution in [2.24, 2.45) is 0 Å². The van der Waals surface area contributed by atoms with Crippen molar-refractivity contribution >= 4 is 0 Å². The molecule has 0 aromatic rings. The van der Waals surface area contributed by atoms with Crippen LogP contribution in [0.5, 0.6) is 0 Å². The summed E-state index contributed by atoms with van der Waals surface area (Å²) < 4.78 is 16.6. The first kappa shape index (κ1) is 24.8. The molecule has 0 amide bonds. The van der Waals surface area contributed by atoms with E-state index in [-0.39, 0.29) is 24.4 Å². The molecule has 2 rings (SSSR count). The number of methoxy groups -OCH3 is 1. The number of aliphatic hydroxyl groups excluding tert-OH is 2. The van der Waals surface area contributed by atoms with Crippen molar-refractivity contribution in [3.8, 4) is 0 Å². The van der Waals surface area contributed by atoms with Crippen molar-refractivity contribution in [3.63, 3.8) is 0 Å². The highest BCUT2D eigenvalue weighted by Gasteiger charge is 2.34. The van der Waals surface area contributed by atoms with Gasteiger partial charge in [-0.2, -0.15) is 0 Å². The molecule has 7 nitrogen and oxygen atoms in total. The third-order valence-electron chi connectivity index (χ3n) is 5.46. The topological polar surface area (TPSA) is 74.6 Å². The minimum Gasteiger partial charge on any atom is -0.394 e. The van der Waals surface area contributed by atoms with E-state index >= 15 is 0 Å². The maximum absolute atomic E-state index is 9.37. The molecule has 0 radical (unpaired) electrons. The van der Waals surface area contributed by atoms with Crippen LogP contribution >= 0.6 is 0 Å². The van der Waals surface area contributed by atoms with Crippen molar-refractivity contribution in [1.82, 2.24) is 9.80 Å². The van der Waals surface area contributed by atoms with Crippen LogP contribution in [-0.2, 0) is 14.2 Å². The summed E-state index contributed by atoms with van der Waals surface area (Å²) in [4.78, 5) is 4.70. The SMILES string of the molecule is CCCN1CCOC(C(O)CO)C1.COC(C)(C)C1CN(C(C)C)CCO1. The summed E-state index contributed by atoms with van der Waals surface area (Å²) >= 11 is 0. The molecule has 2 aliphatic heterocycles. The first-order chi connectivity index (χ1) is 12.7. The smallest absolute Gasteiger partial charge is 0.104 e. The lowest BCUT2D eigenvalue weighted by molar-refractivity contribution is -0.146. The van der Waals surface area contributed by atoms with Crippen LogP contribution in [0.3, 0.4) is 0 Å². The predicted molar refractivity (Wildman–Crippen MR) is 107 cm³/mol. The van der Waals surface area contributed by atoms with Crippen LogP contribution in [-0.4, -0.2) is 110 Å². The van der Waals surface area contributed by atoms with E-state index in [9.17, 15) is 5.11 Å². The van der Waals surface area contributed by atoms with Crippen LogP contribution in [0.1, 0.15) is 41.0 Å². The van der Waals surface area contributed by atoms with E-state index in [4.69, 9.17) is 19.3 Å². The molecule has 2 heterocycles. The largest absolute Gasteiger partial charge is 0.394 e. The Morgan fingerprint density at radius 1 is 1.15 bits per heavy atom. The summed E-state index contributed by atoms with van der Waals surface area (Å²) in [5, 5.41) is 18.1. The van der Waals surface area contributed by atoms with E-state index in [1.165, 1.54) is 0 Å². The highest BCUT2D eigenvalue weighted by atomic mass is 16.5. The lowest BCUT2D eigenvalue weighted by Gasteiger charge is -2.41. The highest BCUT2D eigenvalue weighted by molar-refractivity contribution is 4.86. The Morgan fingerprint density at radius 3 is 2.37 bits per heavy atom. The molecule has 3 unspecified atom stereocenters. The van der Waals surface area contributed by atoms with Gasteiger partial charge in [-0.25, -0.2) is 0 Å². The van der Waals surface area contributed by atoms with Crippen molar-refractivity contribution in [2.45, 2.75) is 71.0 Å². The van der Waals surface area contributed by atoms with Gasteiger partial charge in [0, 0.05) is 39.3 Å². The zero-order chi connectivity index (χ0) is 20.4. The molecule has 0 saturated carbocycles. The third kappa shape index (κ3) is 8.31. The van der Waals surface area contributed by atoms with Crippen LogP contribution in [0.4, 0.5) is 0 Å². The van der Waals surface area contributed by atoms with Crippen molar-refractivity contribution in [2.75, 3.05) is 59.7 Å². The van der Waals surface area contributed by atoms with Crippen molar-refractivity contribution < 1.29 is 24.4 Å². The molecular formula is C20H42N2O5. The molecule has 0 spiro atoms. The number of nitrogens with zero attached hydrogens (tertiary/aromatic N) is 2. The second kappa shape index (κ2) is 12.3. The zero-order valence-corrected chi connectivity index (χ0v) is 18.2. The maximum atomic E-state index is 9.37.